The summed E-state index contributed by atoms with van der Waals surface area (Å²) in [5.41, 5.74) is 2.14. The van der Waals surface area contributed by atoms with Crippen molar-refractivity contribution < 1.29 is 4.79 Å². The van der Waals surface area contributed by atoms with E-state index in [1.54, 1.807) is 18.1 Å². The van der Waals surface area contributed by atoms with Gasteiger partial charge in [0.25, 0.3) is 5.56 Å². The van der Waals surface area contributed by atoms with Gasteiger partial charge in [-0.15, -0.1) is 0 Å². The molecule has 1 heterocycles. The van der Waals surface area contributed by atoms with Crippen molar-refractivity contribution in [3.63, 3.8) is 0 Å². The largest absolute Gasteiger partial charge is 0.379 e. The summed E-state index contributed by atoms with van der Waals surface area (Å²) in [5.74, 6) is -0.0661. The number of carbonyl (C=O) groups is 1. The third-order valence-electron chi connectivity index (χ3n) is 3.23. The van der Waals surface area contributed by atoms with Crippen molar-refractivity contribution in [1.29, 1.82) is 0 Å². The van der Waals surface area contributed by atoms with E-state index in [4.69, 9.17) is 0 Å². The lowest BCUT2D eigenvalue weighted by Gasteiger charge is -2.12. The molecule has 7 nitrogen and oxygen atoms in total. The molecule has 0 spiro atoms. The van der Waals surface area contributed by atoms with Crippen LogP contribution in [0.25, 0.3) is 0 Å². The Hall–Kier alpha value is -2.19. The molecule has 2 aromatic rings. The third kappa shape index (κ3) is 4.90. The number of anilines is 2. The molecule has 0 radical (unpaired) electrons. The van der Waals surface area contributed by atoms with E-state index in [1.807, 2.05) is 38.4 Å². The van der Waals surface area contributed by atoms with Crippen molar-refractivity contribution in [1.82, 2.24) is 14.7 Å². The highest BCUT2D eigenvalue weighted by atomic mass is 79.9. The summed E-state index contributed by atoms with van der Waals surface area (Å²) in [6, 6.07) is 7.55. The Kier molecular flexibility index (Phi) is 6.10. The first-order valence-corrected chi connectivity index (χ1v) is 8.15. The maximum Gasteiger partial charge on any atom is 0.282 e. The zero-order valence-electron chi connectivity index (χ0n) is 13.8. The van der Waals surface area contributed by atoms with E-state index >= 15 is 0 Å². The van der Waals surface area contributed by atoms with E-state index in [0.717, 1.165) is 11.3 Å². The number of halogens is 1. The summed E-state index contributed by atoms with van der Waals surface area (Å²) < 4.78 is 1.70. The van der Waals surface area contributed by atoms with Gasteiger partial charge in [0, 0.05) is 19.3 Å². The first-order chi connectivity index (χ1) is 11.4. The lowest BCUT2D eigenvalue weighted by atomic mass is 10.2. The first kappa shape index (κ1) is 18.2. The average Bonchev–Trinajstić information content (AvgIpc) is 2.51. The lowest BCUT2D eigenvalue weighted by molar-refractivity contribution is -0.116. The number of likely N-dealkylation sites (N-methyl/N-ethyl adjacent to an activating group) is 1. The van der Waals surface area contributed by atoms with E-state index in [9.17, 15) is 9.59 Å². The molecule has 0 aliphatic rings. The monoisotopic (exact) mass is 393 g/mol. The van der Waals surface area contributed by atoms with Crippen LogP contribution in [0.5, 0.6) is 0 Å². The van der Waals surface area contributed by atoms with Crippen molar-refractivity contribution in [2.75, 3.05) is 31.3 Å². The smallest absolute Gasteiger partial charge is 0.282 e. The maximum absolute atomic E-state index is 11.8. The fraction of sp³-hybridized carbons (Fsp3) is 0.312. The van der Waals surface area contributed by atoms with Crippen LogP contribution < -0.4 is 16.2 Å². The second kappa shape index (κ2) is 8.07. The number of hydrogen-bond acceptors (Lipinski definition) is 5. The highest BCUT2D eigenvalue weighted by Gasteiger charge is 2.07. The molecule has 0 aliphatic heterocycles. The summed E-state index contributed by atoms with van der Waals surface area (Å²) in [4.78, 5) is 25.4. The van der Waals surface area contributed by atoms with Gasteiger partial charge < -0.3 is 15.5 Å². The number of carbonyl (C=O) groups excluding carboxylic acids is 1. The molecule has 2 rings (SSSR count). The molecule has 0 saturated carbocycles. The van der Waals surface area contributed by atoms with Crippen LogP contribution >= 0.6 is 15.9 Å². The summed E-state index contributed by atoms with van der Waals surface area (Å²) >= 11 is 3.28. The second-order valence-electron chi connectivity index (χ2n) is 5.64. The maximum atomic E-state index is 11.8. The molecule has 0 atom stereocenters. The normalized spacial score (nSPS) is 10.7. The Labute approximate surface area is 148 Å². The number of benzene rings is 1. The molecule has 2 N–H and O–H groups in total. The number of amides is 1. The minimum Gasteiger partial charge on any atom is -0.379 e. The third-order valence-corrected chi connectivity index (χ3v) is 4.00. The average molecular weight is 394 g/mol. The van der Waals surface area contributed by atoms with Crippen LogP contribution in [0.15, 0.2) is 39.7 Å². The van der Waals surface area contributed by atoms with Crippen molar-refractivity contribution in [3.8, 4) is 0 Å². The molecule has 8 heteroatoms. The summed E-state index contributed by atoms with van der Waals surface area (Å²) in [6.07, 6.45) is 1.59. The molecular weight excluding hydrogens is 374 g/mol. The van der Waals surface area contributed by atoms with Crippen LogP contribution in [0.2, 0.25) is 0 Å². The number of nitrogens with one attached hydrogen (secondary N) is 2. The molecule has 24 heavy (non-hydrogen) atoms. The number of rotatable bonds is 6. The molecule has 128 valence electrons. The molecule has 0 saturated heterocycles. The van der Waals surface area contributed by atoms with E-state index in [2.05, 4.69) is 31.7 Å². The predicted octanol–water partition coefficient (Wildman–Crippen LogP) is 1.65. The van der Waals surface area contributed by atoms with Gasteiger partial charge in [0.2, 0.25) is 5.91 Å². The standard InChI is InChI=1S/C16H20BrN5O2/c1-21(2)10-14(23)20-12-6-4-5-11(7-12)8-18-13-9-19-22(3)16(24)15(13)17/h4-7,9,18H,8,10H2,1-3H3,(H,20,23). The first-order valence-electron chi connectivity index (χ1n) is 7.36. The minimum atomic E-state index is -0.204. The van der Waals surface area contributed by atoms with Gasteiger partial charge in [-0.05, 0) is 47.7 Å². The molecule has 0 bridgehead atoms. The van der Waals surface area contributed by atoms with Crippen LogP contribution in [-0.2, 0) is 18.4 Å². The molecule has 0 unspecified atom stereocenters. The zero-order valence-corrected chi connectivity index (χ0v) is 15.4. The van der Waals surface area contributed by atoms with Crippen LogP contribution in [0.1, 0.15) is 5.56 Å². The molecule has 1 amide bonds. The molecule has 0 fully saturated rings. The topological polar surface area (TPSA) is 79.3 Å². The molecule has 1 aromatic heterocycles. The van der Waals surface area contributed by atoms with Crippen LogP contribution in [0.4, 0.5) is 11.4 Å². The molecule has 1 aromatic carbocycles. The number of aryl methyl sites for hydroxylation is 1. The van der Waals surface area contributed by atoms with E-state index in [0.29, 0.717) is 23.2 Å². The Morgan fingerprint density at radius 3 is 2.83 bits per heavy atom. The Balaban J connectivity index is 2.04. The molecular formula is C16H20BrN5O2. The summed E-state index contributed by atoms with van der Waals surface area (Å²) in [7, 11) is 5.28. The van der Waals surface area contributed by atoms with Gasteiger partial charge in [0.05, 0.1) is 18.4 Å². The summed E-state index contributed by atoms with van der Waals surface area (Å²) in [6.45, 7) is 0.833. The number of aromatic nitrogens is 2. The zero-order chi connectivity index (χ0) is 17.7. The van der Waals surface area contributed by atoms with Crippen molar-refractivity contribution >= 4 is 33.2 Å². The number of nitrogens with zero attached hydrogens (tertiary/aromatic N) is 3. The lowest BCUT2D eigenvalue weighted by Crippen LogP contribution is -2.27. The van der Waals surface area contributed by atoms with Crippen LogP contribution in [0, 0.1) is 0 Å². The predicted molar refractivity (Wildman–Crippen MR) is 98.1 cm³/mol. The van der Waals surface area contributed by atoms with Crippen molar-refractivity contribution in [2.45, 2.75) is 6.54 Å². The molecule has 0 aliphatic carbocycles. The number of hydrogen-bond donors (Lipinski definition) is 2. The van der Waals surface area contributed by atoms with Crippen molar-refractivity contribution in [3.05, 3.63) is 50.9 Å². The van der Waals surface area contributed by atoms with Gasteiger partial charge >= 0.3 is 0 Å². The second-order valence-corrected chi connectivity index (χ2v) is 6.43. The van der Waals surface area contributed by atoms with Gasteiger partial charge in [-0.2, -0.15) is 5.10 Å². The van der Waals surface area contributed by atoms with Gasteiger partial charge in [0.15, 0.2) is 0 Å². The van der Waals surface area contributed by atoms with Gasteiger partial charge in [-0.1, -0.05) is 12.1 Å². The van der Waals surface area contributed by atoms with Gasteiger partial charge in [0.1, 0.15) is 4.47 Å². The highest BCUT2D eigenvalue weighted by molar-refractivity contribution is 9.10. The Morgan fingerprint density at radius 2 is 2.12 bits per heavy atom. The van der Waals surface area contributed by atoms with Crippen LogP contribution in [-0.4, -0.2) is 41.2 Å². The van der Waals surface area contributed by atoms with Gasteiger partial charge in [-0.3, -0.25) is 9.59 Å². The summed E-state index contributed by atoms with van der Waals surface area (Å²) in [5, 5.41) is 10.0. The minimum absolute atomic E-state index is 0.0661. The van der Waals surface area contributed by atoms with E-state index < -0.39 is 0 Å². The van der Waals surface area contributed by atoms with E-state index in [-0.39, 0.29) is 11.5 Å². The van der Waals surface area contributed by atoms with Crippen molar-refractivity contribution in [2.24, 2.45) is 7.05 Å². The van der Waals surface area contributed by atoms with Gasteiger partial charge in [-0.25, -0.2) is 4.68 Å². The fourth-order valence-electron chi connectivity index (χ4n) is 2.08. The quantitative estimate of drug-likeness (QED) is 0.779. The van der Waals surface area contributed by atoms with Crippen LogP contribution in [0.3, 0.4) is 0 Å². The highest BCUT2D eigenvalue weighted by Crippen LogP contribution is 2.18. The Bertz CT molecular complexity index is 788. The fourth-order valence-corrected chi connectivity index (χ4v) is 2.58. The van der Waals surface area contributed by atoms with E-state index in [1.165, 1.54) is 4.68 Å². The SMILES string of the molecule is CN(C)CC(=O)Nc1cccc(CNc2cnn(C)c(=O)c2Br)c1. The Morgan fingerprint density at radius 1 is 1.38 bits per heavy atom.